The molecule has 0 heterocycles. The number of carboxylic acid groups (broad SMARTS) is 1. The third kappa shape index (κ3) is 2.86. The molecule has 0 spiro atoms. The van der Waals surface area contributed by atoms with E-state index in [1.165, 1.54) is 0 Å². The molecule has 0 bridgehead atoms. The van der Waals surface area contributed by atoms with Crippen molar-refractivity contribution in [3.63, 3.8) is 0 Å². The van der Waals surface area contributed by atoms with E-state index in [1.807, 2.05) is 0 Å². The van der Waals surface area contributed by atoms with E-state index in [-0.39, 0.29) is 36.2 Å². The molecule has 0 saturated carbocycles. The zero-order valence-electron chi connectivity index (χ0n) is 10.2. The van der Waals surface area contributed by atoms with Crippen LogP contribution < -0.4 is 0 Å². The maximum absolute atomic E-state index is 13.8. The third-order valence-electron chi connectivity index (χ3n) is 2.75. The average Bonchev–Trinajstić information content (AvgIpc) is 2.42. The zero-order valence-corrected chi connectivity index (χ0v) is 13.9. The Bertz CT molecular complexity index is 755. The molecule has 116 valence electrons. The van der Waals surface area contributed by atoms with E-state index in [0.29, 0.717) is 0 Å². The molecule has 0 aliphatic rings. The molecule has 0 radical (unpaired) electrons. The predicted molar refractivity (Wildman–Crippen MR) is 83.8 cm³/mol. The molecule has 9 heteroatoms. The van der Waals surface area contributed by atoms with Gasteiger partial charge < -0.3 is 5.11 Å². The quantitative estimate of drug-likeness (QED) is 0.451. The maximum atomic E-state index is 13.8. The molecule has 2 aromatic rings. The van der Waals surface area contributed by atoms with Crippen LogP contribution in [0, 0.1) is 11.6 Å². The second-order valence-corrected chi connectivity index (χ2v) is 5.95. The van der Waals surface area contributed by atoms with Crippen molar-refractivity contribution in [1.82, 2.24) is 0 Å². The summed E-state index contributed by atoms with van der Waals surface area (Å²) in [7, 11) is 0. The Morgan fingerprint density at radius 1 is 0.818 bits per heavy atom. The highest BCUT2D eigenvalue weighted by Crippen LogP contribution is 2.48. The fraction of sp³-hybridized carbons (Fsp3) is 0. The first kappa shape index (κ1) is 17.6. The molecule has 0 aliphatic heterocycles. The van der Waals surface area contributed by atoms with E-state index < -0.39 is 23.2 Å². The highest BCUT2D eigenvalue weighted by molar-refractivity contribution is 6.56. The van der Waals surface area contributed by atoms with Gasteiger partial charge in [-0.25, -0.2) is 13.6 Å². The van der Waals surface area contributed by atoms with Crippen molar-refractivity contribution in [2.75, 3.05) is 0 Å². The predicted octanol–water partition coefficient (Wildman–Crippen LogP) is 6.60. The molecule has 2 aromatic carbocycles. The lowest BCUT2D eigenvalue weighted by atomic mass is 10.0. The van der Waals surface area contributed by atoms with Crippen molar-refractivity contribution in [3.8, 4) is 11.1 Å². The largest absolute Gasteiger partial charge is 0.477 e. The van der Waals surface area contributed by atoms with Crippen molar-refractivity contribution in [2.24, 2.45) is 0 Å². The van der Waals surface area contributed by atoms with Gasteiger partial charge in [-0.1, -0.05) is 58.0 Å². The third-order valence-corrected chi connectivity index (χ3v) is 5.03. The molecule has 2 rings (SSSR count). The van der Waals surface area contributed by atoms with Crippen LogP contribution in [-0.4, -0.2) is 11.1 Å². The summed E-state index contributed by atoms with van der Waals surface area (Å²) in [5.74, 6) is -4.33. The van der Waals surface area contributed by atoms with Gasteiger partial charge in [-0.05, 0) is 17.7 Å². The maximum Gasteiger partial charge on any atom is 0.341 e. The van der Waals surface area contributed by atoms with Crippen LogP contribution in [0.15, 0.2) is 12.1 Å². The minimum Gasteiger partial charge on any atom is -0.477 e. The number of benzene rings is 2. The summed E-state index contributed by atoms with van der Waals surface area (Å²) in [5.41, 5.74) is -1.28. The Labute approximate surface area is 148 Å². The summed E-state index contributed by atoms with van der Waals surface area (Å²) in [6, 6.07) is 1.53. The highest BCUT2D eigenvalue weighted by atomic mass is 35.5. The SMILES string of the molecule is O=C(O)c1c(F)cc(-c2c(Cl)c(Cl)c(Cl)c(Cl)c2Cl)cc1F. The van der Waals surface area contributed by atoms with Crippen LogP contribution in [-0.2, 0) is 0 Å². The summed E-state index contributed by atoms with van der Waals surface area (Å²) in [5, 5.41) is 8.03. The zero-order chi connectivity index (χ0) is 16.8. The van der Waals surface area contributed by atoms with Crippen LogP contribution in [0.25, 0.3) is 11.1 Å². The number of hydrogen-bond donors (Lipinski definition) is 1. The van der Waals surface area contributed by atoms with Crippen LogP contribution in [0.4, 0.5) is 8.78 Å². The summed E-state index contributed by atoms with van der Waals surface area (Å²) in [6.45, 7) is 0. The van der Waals surface area contributed by atoms with Crippen molar-refractivity contribution < 1.29 is 18.7 Å². The number of aromatic carboxylic acids is 1. The van der Waals surface area contributed by atoms with Crippen LogP contribution in [0.2, 0.25) is 25.1 Å². The van der Waals surface area contributed by atoms with Gasteiger partial charge in [0.05, 0.1) is 25.1 Å². The van der Waals surface area contributed by atoms with Gasteiger partial charge in [-0.2, -0.15) is 0 Å². The van der Waals surface area contributed by atoms with E-state index in [0.717, 1.165) is 12.1 Å². The van der Waals surface area contributed by atoms with Gasteiger partial charge >= 0.3 is 5.97 Å². The molecule has 0 aliphatic carbocycles. The average molecular weight is 406 g/mol. The van der Waals surface area contributed by atoms with Gasteiger partial charge in [0.2, 0.25) is 0 Å². The van der Waals surface area contributed by atoms with Crippen molar-refractivity contribution in [3.05, 3.63) is 54.4 Å². The standard InChI is InChI=1S/C13H3Cl5F2O2/c14-8-6(9(15)11(17)12(18)10(8)16)3-1-4(19)7(13(21)22)5(20)2-3/h1-2H,(H,21,22). The van der Waals surface area contributed by atoms with E-state index in [2.05, 4.69) is 0 Å². The number of hydrogen-bond acceptors (Lipinski definition) is 1. The number of carbonyl (C=O) groups is 1. The minimum atomic E-state index is -1.74. The van der Waals surface area contributed by atoms with Crippen LogP contribution in [0.3, 0.4) is 0 Å². The molecular weight excluding hydrogens is 403 g/mol. The molecule has 0 fully saturated rings. The monoisotopic (exact) mass is 404 g/mol. The van der Waals surface area contributed by atoms with Crippen molar-refractivity contribution in [1.29, 1.82) is 0 Å². The highest BCUT2D eigenvalue weighted by Gasteiger charge is 2.24. The van der Waals surface area contributed by atoms with Gasteiger partial charge in [0.1, 0.15) is 17.2 Å². The molecular formula is C13H3Cl5F2O2. The Morgan fingerprint density at radius 2 is 1.18 bits per heavy atom. The van der Waals surface area contributed by atoms with Gasteiger partial charge in [-0.15, -0.1) is 0 Å². The molecule has 1 N–H and O–H groups in total. The summed E-state index contributed by atoms with van der Waals surface area (Å²) in [4.78, 5) is 10.8. The van der Waals surface area contributed by atoms with Crippen molar-refractivity contribution >= 4 is 64.0 Å². The van der Waals surface area contributed by atoms with Crippen LogP contribution in [0.1, 0.15) is 10.4 Å². The van der Waals surface area contributed by atoms with Gasteiger partial charge in [0, 0.05) is 5.56 Å². The minimum absolute atomic E-state index is 0.0579. The fourth-order valence-corrected chi connectivity index (χ4v) is 3.14. The Balaban J connectivity index is 2.82. The van der Waals surface area contributed by atoms with Crippen LogP contribution in [0.5, 0.6) is 0 Å². The molecule has 2 nitrogen and oxygen atoms in total. The first-order valence-electron chi connectivity index (χ1n) is 5.41. The van der Waals surface area contributed by atoms with E-state index in [9.17, 15) is 13.6 Å². The van der Waals surface area contributed by atoms with E-state index in [1.54, 1.807) is 0 Å². The van der Waals surface area contributed by atoms with Crippen molar-refractivity contribution in [2.45, 2.75) is 0 Å². The van der Waals surface area contributed by atoms with Crippen LogP contribution >= 0.6 is 58.0 Å². The lowest BCUT2D eigenvalue weighted by molar-refractivity contribution is 0.0686. The van der Waals surface area contributed by atoms with E-state index in [4.69, 9.17) is 63.1 Å². The molecule has 0 atom stereocenters. The second-order valence-electron chi connectivity index (χ2n) is 4.06. The molecule has 0 unspecified atom stereocenters. The normalized spacial score (nSPS) is 10.9. The molecule has 0 aromatic heterocycles. The summed E-state index contributed by atoms with van der Waals surface area (Å²) in [6.07, 6.45) is 0. The Kier molecular flexibility index (Phi) is 5.09. The number of halogens is 7. The number of rotatable bonds is 2. The Hall–Kier alpha value is -0.780. The van der Waals surface area contributed by atoms with Gasteiger partial charge in [0.25, 0.3) is 0 Å². The summed E-state index contributed by atoms with van der Waals surface area (Å²) < 4.78 is 27.6. The number of carboxylic acids is 1. The van der Waals surface area contributed by atoms with Gasteiger partial charge in [-0.3, -0.25) is 0 Å². The fourth-order valence-electron chi connectivity index (χ4n) is 1.78. The lowest BCUT2D eigenvalue weighted by Gasteiger charge is -2.13. The second kappa shape index (κ2) is 6.38. The Morgan fingerprint density at radius 3 is 1.55 bits per heavy atom. The van der Waals surface area contributed by atoms with E-state index >= 15 is 0 Å². The topological polar surface area (TPSA) is 37.3 Å². The lowest BCUT2D eigenvalue weighted by Crippen LogP contribution is -2.05. The smallest absolute Gasteiger partial charge is 0.341 e. The first-order valence-corrected chi connectivity index (χ1v) is 7.30. The first-order chi connectivity index (χ1) is 10.2. The van der Waals surface area contributed by atoms with Gasteiger partial charge in [0.15, 0.2) is 0 Å². The molecule has 0 saturated heterocycles. The molecule has 0 amide bonds. The molecule has 22 heavy (non-hydrogen) atoms. The summed E-state index contributed by atoms with van der Waals surface area (Å²) >= 11 is 29.6.